The maximum absolute atomic E-state index is 9.77. The first-order valence-corrected chi connectivity index (χ1v) is 7.94. The molecule has 0 radical (unpaired) electrons. The number of hydrogen-bond acceptors (Lipinski definition) is 5. The summed E-state index contributed by atoms with van der Waals surface area (Å²) in [6, 6.07) is 16.7. The predicted molar refractivity (Wildman–Crippen MR) is 90.7 cm³/mol. The van der Waals surface area contributed by atoms with E-state index in [2.05, 4.69) is 9.98 Å². The molecule has 0 aliphatic rings. The van der Waals surface area contributed by atoms with Crippen LogP contribution in [0.25, 0.3) is 22.3 Å². The van der Waals surface area contributed by atoms with Crippen LogP contribution < -0.4 is 5.36 Å². The number of phenolic OH excluding ortho intramolecular Hbond substituents is 1. The van der Waals surface area contributed by atoms with Crippen molar-refractivity contribution in [1.82, 2.24) is 4.98 Å². The van der Waals surface area contributed by atoms with E-state index in [-0.39, 0.29) is 5.75 Å². The van der Waals surface area contributed by atoms with Gasteiger partial charge in [-0.15, -0.1) is 11.3 Å². The number of aromatic nitrogens is 1. The maximum Gasteiger partial charge on any atom is 0.209 e. The van der Waals surface area contributed by atoms with Gasteiger partial charge in [-0.05, 0) is 18.2 Å². The second-order valence-electron chi connectivity index (χ2n) is 4.97. The molecule has 2 heterocycles. The number of thiazole rings is 1. The van der Waals surface area contributed by atoms with Gasteiger partial charge in [-0.3, -0.25) is 0 Å². The molecule has 0 aliphatic heterocycles. The highest BCUT2D eigenvalue weighted by Crippen LogP contribution is 2.25. The SMILES string of the molecule is Oc1ccc2oc(-c3ccccc3)cc(=Nc3nccs3)c2c1. The Labute approximate surface area is 136 Å². The third kappa shape index (κ3) is 2.74. The summed E-state index contributed by atoms with van der Waals surface area (Å²) < 4.78 is 5.97. The summed E-state index contributed by atoms with van der Waals surface area (Å²) in [6.45, 7) is 0. The van der Waals surface area contributed by atoms with Gasteiger partial charge in [-0.2, -0.15) is 0 Å². The molecule has 0 bridgehead atoms. The molecule has 0 atom stereocenters. The van der Waals surface area contributed by atoms with Gasteiger partial charge in [0.1, 0.15) is 17.1 Å². The van der Waals surface area contributed by atoms with E-state index in [1.807, 2.05) is 41.8 Å². The molecule has 23 heavy (non-hydrogen) atoms. The zero-order valence-corrected chi connectivity index (χ0v) is 12.8. The first-order chi connectivity index (χ1) is 11.3. The molecule has 4 rings (SSSR count). The van der Waals surface area contributed by atoms with Gasteiger partial charge in [0.05, 0.1) is 5.36 Å². The van der Waals surface area contributed by atoms with Crippen molar-refractivity contribution in [2.45, 2.75) is 0 Å². The molecule has 0 amide bonds. The lowest BCUT2D eigenvalue weighted by Gasteiger charge is -2.05. The molecule has 112 valence electrons. The minimum atomic E-state index is 0.177. The van der Waals surface area contributed by atoms with E-state index in [9.17, 15) is 5.11 Å². The van der Waals surface area contributed by atoms with Crippen molar-refractivity contribution in [2.24, 2.45) is 4.99 Å². The number of hydrogen-bond donors (Lipinski definition) is 1. The predicted octanol–water partition coefficient (Wildman–Crippen LogP) is 4.49. The molecule has 0 unspecified atom stereocenters. The molecular formula is C18H12N2O2S. The van der Waals surface area contributed by atoms with Crippen LogP contribution in [-0.2, 0) is 0 Å². The third-order valence-electron chi connectivity index (χ3n) is 3.42. The molecule has 0 fully saturated rings. The lowest BCUT2D eigenvalue weighted by molar-refractivity contribution is 0.475. The normalized spacial score (nSPS) is 11.9. The molecule has 0 saturated heterocycles. The molecule has 5 heteroatoms. The van der Waals surface area contributed by atoms with E-state index < -0.39 is 0 Å². The van der Waals surface area contributed by atoms with Crippen LogP contribution in [0.3, 0.4) is 0 Å². The fraction of sp³-hybridized carbons (Fsp3) is 0. The summed E-state index contributed by atoms with van der Waals surface area (Å²) in [5.41, 5.74) is 1.64. The van der Waals surface area contributed by atoms with Crippen LogP contribution >= 0.6 is 11.3 Å². The first-order valence-electron chi connectivity index (χ1n) is 7.06. The van der Waals surface area contributed by atoms with E-state index in [4.69, 9.17) is 4.42 Å². The summed E-state index contributed by atoms with van der Waals surface area (Å²) in [4.78, 5) is 8.79. The van der Waals surface area contributed by atoms with Crippen molar-refractivity contribution in [3.05, 3.63) is 71.5 Å². The Balaban J connectivity index is 2.03. The van der Waals surface area contributed by atoms with Gasteiger partial charge in [0, 0.05) is 28.6 Å². The molecule has 1 N–H and O–H groups in total. The monoisotopic (exact) mass is 320 g/mol. The summed E-state index contributed by atoms with van der Waals surface area (Å²) in [5.74, 6) is 0.898. The lowest BCUT2D eigenvalue weighted by Crippen LogP contribution is -2.03. The third-order valence-corrected chi connectivity index (χ3v) is 4.09. The van der Waals surface area contributed by atoms with E-state index in [1.165, 1.54) is 11.3 Å². The highest BCUT2D eigenvalue weighted by atomic mass is 32.1. The van der Waals surface area contributed by atoms with Crippen molar-refractivity contribution in [3.63, 3.8) is 0 Å². The van der Waals surface area contributed by atoms with Crippen LogP contribution in [0.15, 0.2) is 75.6 Å². The Hall–Kier alpha value is -2.92. The van der Waals surface area contributed by atoms with Crippen molar-refractivity contribution in [2.75, 3.05) is 0 Å². The highest BCUT2D eigenvalue weighted by molar-refractivity contribution is 7.13. The molecular weight excluding hydrogens is 308 g/mol. The van der Waals surface area contributed by atoms with Gasteiger partial charge in [-0.1, -0.05) is 30.3 Å². The zero-order chi connectivity index (χ0) is 15.6. The molecule has 2 aromatic heterocycles. The summed E-state index contributed by atoms with van der Waals surface area (Å²) in [7, 11) is 0. The number of aromatic hydroxyl groups is 1. The number of nitrogens with zero attached hydrogens (tertiary/aromatic N) is 2. The van der Waals surface area contributed by atoms with Crippen LogP contribution in [0.4, 0.5) is 5.13 Å². The minimum absolute atomic E-state index is 0.177. The minimum Gasteiger partial charge on any atom is -0.508 e. The van der Waals surface area contributed by atoms with Gasteiger partial charge in [0.2, 0.25) is 5.13 Å². The molecule has 0 spiro atoms. The van der Waals surface area contributed by atoms with Gasteiger partial charge in [0.25, 0.3) is 0 Å². The Morgan fingerprint density at radius 1 is 1.04 bits per heavy atom. The molecule has 0 aliphatic carbocycles. The smallest absolute Gasteiger partial charge is 0.209 e. The standard InChI is InChI=1S/C18H12N2O2S/c21-13-6-7-16-14(10-13)15(20-18-19-8-9-23-18)11-17(22-16)12-4-2-1-3-5-12/h1-11,21H. The summed E-state index contributed by atoms with van der Waals surface area (Å²) in [5, 5.41) is 13.8. The summed E-state index contributed by atoms with van der Waals surface area (Å²) in [6.07, 6.45) is 1.72. The van der Waals surface area contributed by atoms with Crippen LogP contribution in [0, 0.1) is 0 Å². The maximum atomic E-state index is 9.77. The van der Waals surface area contributed by atoms with Gasteiger partial charge >= 0.3 is 0 Å². The van der Waals surface area contributed by atoms with Crippen molar-refractivity contribution in [1.29, 1.82) is 0 Å². The molecule has 4 nitrogen and oxygen atoms in total. The topological polar surface area (TPSA) is 58.6 Å². The van der Waals surface area contributed by atoms with E-state index >= 15 is 0 Å². The number of phenols is 1. The lowest BCUT2D eigenvalue weighted by atomic mass is 10.1. The van der Waals surface area contributed by atoms with Crippen LogP contribution in [0.2, 0.25) is 0 Å². The van der Waals surface area contributed by atoms with Gasteiger partial charge in [-0.25, -0.2) is 9.98 Å². The van der Waals surface area contributed by atoms with E-state index in [1.54, 1.807) is 24.4 Å². The summed E-state index contributed by atoms with van der Waals surface area (Å²) >= 11 is 1.46. The zero-order valence-electron chi connectivity index (χ0n) is 12.0. The molecule has 4 aromatic rings. The average molecular weight is 320 g/mol. The quantitative estimate of drug-likeness (QED) is 0.592. The van der Waals surface area contributed by atoms with Crippen molar-refractivity contribution in [3.8, 4) is 17.1 Å². The molecule has 0 saturated carbocycles. The average Bonchev–Trinajstić information content (AvgIpc) is 3.09. The fourth-order valence-corrected chi connectivity index (χ4v) is 2.88. The van der Waals surface area contributed by atoms with Crippen LogP contribution in [-0.4, -0.2) is 10.1 Å². The number of benzene rings is 2. The van der Waals surface area contributed by atoms with Gasteiger partial charge in [0.15, 0.2) is 0 Å². The van der Waals surface area contributed by atoms with Crippen molar-refractivity contribution < 1.29 is 9.52 Å². The largest absolute Gasteiger partial charge is 0.508 e. The number of rotatable bonds is 2. The van der Waals surface area contributed by atoms with E-state index in [0.29, 0.717) is 10.7 Å². The first kappa shape index (κ1) is 13.7. The number of fused-ring (bicyclic) bond motifs is 1. The highest BCUT2D eigenvalue weighted by Gasteiger charge is 2.07. The van der Waals surface area contributed by atoms with E-state index in [0.717, 1.165) is 22.1 Å². The van der Waals surface area contributed by atoms with Gasteiger partial charge < -0.3 is 9.52 Å². The Bertz CT molecular complexity index is 1020. The van der Waals surface area contributed by atoms with Crippen LogP contribution in [0.1, 0.15) is 0 Å². The van der Waals surface area contributed by atoms with Crippen LogP contribution in [0.5, 0.6) is 5.75 Å². The Morgan fingerprint density at radius 3 is 2.70 bits per heavy atom. The second kappa shape index (κ2) is 5.70. The van der Waals surface area contributed by atoms with Crippen molar-refractivity contribution >= 4 is 27.4 Å². The Kier molecular flexibility index (Phi) is 3.40. The second-order valence-corrected chi connectivity index (χ2v) is 5.84. The molecule has 2 aromatic carbocycles. The fourth-order valence-electron chi connectivity index (χ4n) is 2.37. The Morgan fingerprint density at radius 2 is 1.91 bits per heavy atom.